The lowest BCUT2D eigenvalue weighted by molar-refractivity contribution is -0.123. The van der Waals surface area contributed by atoms with E-state index in [4.69, 9.17) is 10.5 Å². The van der Waals surface area contributed by atoms with E-state index in [2.05, 4.69) is 5.32 Å². The number of hydrogen-bond acceptors (Lipinski definition) is 3. The number of amides is 1. The molecule has 1 aliphatic rings. The molecule has 0 radical (unpaired) electrons. The van der Waals surface area contributed by atoms with E-state index in [-0.39, 0.29) is 5.91 Å². The molecule has 4 heteroatoms. The van der Waals surface area contributed by atoms with E-state index in [1.165, 1.54) is 0 Å². The SMILES string of the molecule is Cc1cc2c(c(C)c1N)NC(=O)C(c1ccccc1)O2. The zero-order chi connectivity index (χ0) is 14.3. The van der Waals surface area contributed by atoms with E-state index in [0.29, 0.717) is 17.1 Å². The largest absolute Gasteiger partial charge is 0.474 e. The van der Waals surface area contributed by atoms with Crippen molar-refractivity contribution in [3.63, 3.8) is 0 Å². The lowest BCUT2D eigenvalue weighted by Gasteiger charge is -2.28. The third kappa shape index (κ3) is 1.90. The number of anilines is 2. The van der Waals surface area contributed by atoms with Crippen LogP contribution in [-0.4, -0.2) is 5.91 Å². The quantitative estimate of drug-likeness (QED) is 0.781. The van der Waals surface area contributed by atoms with Crippen LogP contribution < -0.4 is 15.8 Å². The minimum Gasteiger partial charge on any atom is -0.474 e. The molecule has 3 rings (SSSR count). The Morgan fingerprint density at radius 2 is 1.90 bits per heavy atom. The van der Waals surface area contributed by atoms with Crippen LogP contribution >= 0.6 is 0 Å². The van der Waals surface area contributed by atoms with Crippen molar-refractivity contribution in [3.8, 4) is 5.75 Å². The van der Waals surface area contributed by atoms with E-state index < -0.39 is 6.10 Å². The number of benzene rings is 2. The number of ether oxygens (including phenoxy) is 1. The zero-order valence-corrected chi connectivity index (χ0v) is 11.4. The van der Waals surface area contributed by atoms with Gasteiger partial charge in [0.25, 0.3) is 5.91 Å². The van der Waals surface area contributed by atoms with Crippen LogP contribution in [0.15, 0.2) is 36.4 Å². The fourth-order valence-corrected chi connectivity index (χ4v) is 2.43. The normalized spacial score (nSPS) is 17.1. The average Bonchev–Trinajstić information content (AvgIpc) is 2.46. The summed E-state index contributed by atoms with van der Waals surface area (Å²) in [6, 6.07) is 11.3. The van der Waals surface area contributed by atoms with Gasteiger partial charge in [-0.25, -0.2) is 0 Å². The summed E-state index contributed by atoms with van der Waals surface area (Å²) in [4.78, 5) is 12.2. The standard InChI is InChI=1S/C16H16N2O2/c1-9-8-12-14(10(2)13(9)17)18-16(19)15(20-12)11-6-4-3-5-7-11/h3-8,15H,17H2,1-2H3,(H,18,19). The highest BCUT2D eigenvalue weighted by Crippen LogP contribution is 2.40. The number of rotatable bonds is 1. The molecule has 0 saturated carbocycles. The molecule has 1 aliphatic heterocycles. The van der Waals surface area contributed by atoms with Gasteiger partial charge in [-0.2, -0.15) is 0 Å². The molecule has 1 amide bonds. The Balaban J connectivity index is 2.05. The van der Waals surface area contributed by atoms with Crippen molar-refractivity contribution in [2.75, 3.05) is 11.1 Å². The van der Waals surface area contributed by atoms with Gasteiger partial charge in [0.15, 0.2) is 0 Å². The van der Waals surface area contributed by atoms with Crippen LogP contribution in [0.1, 0.15) is 22.8 Å². The van der Waals surface area contributed by atoms with Gasteiger partial charge < -0.3 is 15.8 Å². The highest BCUT2D eigenvalue weighted by atomic mass is 16.5. The number of hydrogen-bond donors (Lipinski definition) is 2. The van der Waals surface area contributed by atoms with Crippen LogP contribution in [0.5, 0.6) is 5.75 Å². The second kappa shape index (κ2) is 4.56. The average molecular weight is 268 g/mol. The lowest BCUT2D eigenvalue weighted by Crippen LogP contribution is -2.30. The molecule has 0 aromatic heterocycles. The van der Waals surface area contributed by atoms with E-state index in [0.717, 1.165) is 16.7 Å². The predicted octanol–water partition coefficient (Wildman–Crippen LogP) is 2.96. The molecule has 1 heterocycles. The maximum absolute atomic E-state index is 12.2. The van der Waals surface area contributed by atoms with Gasteiger partial charge in [-0.15, -0.1) is 0 Å². The summed E-state index contributed by atoms with van der Waals surface area (Å²) in [7, 11) is 0. The summed E-state index contributed by atoms with van der Waals surface area (Å²) >= 11 is 0. The van der Waals surface area contributed by atoms with Crippen LogP contribution in [0.25, 0.3) is 0 Å². The summed E-state index contributed by atoms with van der Waals surface area (Å²) in [5.74, 6) is 0.498. The monoisotopic (exact) mass is 268 g/mol. The Morgan fingerprint density at radius 1 is 1.20 bits per heavy atom. The zero-order valence-electron chi connectivity index (χ0n) is 11.4. The topological polar surface area (TPSA) is 64.3 Å². The maximum atomic E-state index is 12.2. The molecule has 20 heavy (non-hydrogen) atoms. The number of carbonyl (C=O) groups is 1. The van der Waals surface area contributed by atoms with Crippen molar-refractivity contribution in [1.82, 2.24) is 0 Å². The van der Waals surface area contributed by atoms with Crippen LogP contribution in [0.3, 0.4) is 0 Å². The molecule has 4 nitrogen and oxygen atoms in total. The molecule has 0 spiro atoms. The fraction of sp³-hybridized carbons (Fsp3) is 0.188. The van der Waals surface area contributed by atoms with E-state index >= 15 is 0 Å². The molecule has 1 atom stereocenters. The van der Waals surface area contributed by atoms with E-state index in [1.807, 2.05) is 50.2 Å². The van der Waals surface area contributed by atoms with Gasteiger partial charge in [-0.05, 0) is 31.0 Å². The number of nitrogens with one attached hydrogen (secondary N) is 1. The number of carbonyl (C=O) groups excluding carboxylic acids is 1. The second-order valence-corrected chi connectivity index (χ2v) is 5.00. The summed E-state index contributed by atoms with van der Waals surface area (Å²) in [5, 5.41) is 2.90. The third-order valence-corrected chi connectivity index (χ3v) is 3.63. The van der Waals surface area contributed by atoms with Crippen molar-refractivity contribution in [2.24, 2.45) is 0 Å². The summed E-state index contributed by atoms with van der Waals surface area (Å²) in [5.41, 5.74) is 9.98. The Bertz CT molecular complexity index is 681. The molecule has 3 N–H and O–H groups in total. The Morgan fingerprint density at radius 3 is 2.60 bits per heavy atom. The van der Waals surface area contributed by atoms with Crippen molar-refractivity contribution in [3.05, 3.63) is 53.1 Å². The fourth-order valence-electron chi connectivity index (χ4n) is 2.43. The third-order valence-electron chi connectivity index (χ3n) is 3.63. The predicted molar refractivity (Wildman–Crippen MR) is 78.8 cm³/mol. The van der Waals surface area contributed by atoms with Gasteiger partial charge in [0, 0.05) is 11.3 Å². The van der Waals surface area contributed by atoms with Gasteiger partial charge in [0.2, 0.25) is 6.10 Å². The minimum absolute atomic E-state index is 0.171. The van der Waals surface area contributed by atoms with Crippen LogP contribution in [0.2, 0.25) is 0 Å². The number of nitrogen functional groups attached to an aromatic ring is 1. The smallest absolute Gasteiger partial charge is 0.270 e. The molecule has 0 fully saturated rings. The molecule has 2 aromatic carbocycles. The van der Waals surface area contributed by atoms with Crippen LogP contribution in [0.4, 0.5) is 11.4 Å². The van der Waals surface area contributed by atoms with Gasteiger partial charge in [-0.3, -0.25) is 4.79 Å². The van der Waals surface area contributed by atoms with Crippen molar-refractivity contribution >= 4 is 17.3 Å². The first-order chi connectivity index (χ1) is 9.58. The maximum Gasteiger partial charge on any atom is 0.270 e. The van der Waals surface area contributed by atoms with Crippen molar-refractivity contribution < 1.29 is 9.53 Å². The van der Waals surface area contributed by atoms with Crippen LogP contribution in [0, 0.1) is 13.8 Å². The molecule has 102 valence electrons. The van der Waals surface area contributed by atoms with Gasteiger partial charge >= 0.3 is 0 Å². The highest BCUT2D eigenvalue weighted by molar-refractivity contribution is 6.00. The minimum atomic E-state index is -0.619. The lowest BCUT2D eigenvalue weighted by atomic mass is 10.0. The Labute approximate surface area is 117 Å². The first-order valence-electron chi connectivity index (χ1n) is 6.50. The van der Waals surface area contributed by atoms with E-state index in [1.54, 1.807) is 0 Å². The first-order valence-corrected chi connectivity index (χ1v) is 6.50. The Hall–Kier alpha value is -2.49. The summed E-state index contributed by atoms with van der Waals surface area (Å²) in [6.07, 6.45) is -0.619. The number of aryl methyl sites for hydroxylation is 1. The summed E-state index contributed by atoms with van der Waals surface area (Å²) < 4.78 is 5.88. The Kier molecular flexibility index (Phi) is 2.86. The molecule has 1 unspecified atom stereocenters. The molecular formula is C16H16N2O2. The molecule has 0 saturated heterocycles. The summed E-state index contributed by atoms with van der Waals surface area (Å²) in [6.45, 7) is 3.81. The van der Waals surface area contributed by atoms with Crippen molar-refractivity contribution in [2.45, 2.75) is 20.0 Å². The number of fused-ring (bicyclic) bond motifs is 1. The molecule has 0 bridgehead atoms. The molecule has 2 aromatic rings. The van der Waals surface area contributed by atoms with E-state index in [9.17, 15) is 4.79 Å². The van der Waals surface area contributed by atoms with Gasteiger partial charge in [0.1, 0.15) is 5.75 Å². The highest BCUT2D eigenvalue weighted by Gasteiger charge is 2.30. The first kappa shape index (κ1) is 12.5. The van der Waals surface area contributed by atoms with Crippen molar-refractivity contribution in [1.29, 1.82) is 0 Å². The molecular weight excluding hydrogens is 252 g/mol. The number of nitrogens with two attached hydrogens (primary N) is 1. The van der Waals surface area contributed by atoms with Gasteiger partial charge in [0.05, 0.1) is 5.69 Å². The molecule has 0 aliphatic carbocycles. The second-order valence-electron chi connectivity index (χ2n) is 5.00. The van der Waals surface area contributed by atoms with Crippen LogP contribution in [-0.2, 0) is 4.79 Å². The van der Waals surface area contributed by atoms with Gasteiger partial charge in [-0.1, -0.05) is 30.3 Å².